The van der Waals surface area contributed by atoms with Gasteiger partial charge in [-0.1, -0.05) is 6.07 Å². The number of carbonyl (C=O) groups excluding carboxylic acids is 1. The molecule has 0 fully saturated rings. The van der Waals surface area contributed by atoms with Crippen molar-refractivity contribution in [2.45, 2.75) is 33.2 Å². The average molecular weight is 250 g/mol. The van der Waals surface area contributed by atoms with E-state index < -0.39 is 11.4 Å². The van der Waals surface area contributed by atoms with Crippen molar-refractivity contribution in [3.63, 3.8) is 0 Å². The fourth-order valence-electron chi connectivity index (χ4n) is 1.48. The van der Waals surface area contributed by atoms with Crippen LogP contribution in [0.15, 0.2) is 24.4 Å². The molecule has 2 N–H and O–H groups in total. The van der Waals surface area contributed by atoms with Crippen molar-refractivity contribution < 1.29 is 14.7 Å². The highest BCUT2D eigenvalue weighted by Gasteiger charge is 2.30. The van der Waals surface area contributed by atoms with Crippen LogP contribution in [-0.2, 0) is 9.59 Å². The van der Waals surface area contributed by atoms with Crippen LogP contribution in [0.2, 0.25) is 0 Å². The molecule has 1 aromatic rings. The van der Waals surface area contributed by atoms with E-state index in [1.54, 1.807) is 12.3 Å². The highest BCUT2D eigenvalue weighted by molar-refractivity contribution is 5.84. The molecule has 0 radical (unpaired) electrons. The third-order valence-electron chi connectivity index (χ3n) is 2.69. The lowest BCUT2D eigenvalue weighted by Gasteiger charge is -2.20. The number of carbonyl (C=O) groups is 2. The average Bonchev–Trinajstić information content (AvgIpc) is 2.29. The normalized spacial score (nSPS) is 12.8. The molecule has 0 unspecified atom stereocenters. The third kappa shape index (κ3) is 3.84. The van der Waals surface area contributed by atoms with Gasteiger partial charge < -0.3 is 10.4 Å². The summed E-state index contributed by atoms with van der Waals surface area (Å²) in [6.07, 6.45) is 1.60. The van der Waals surface area contributed by atoms with E-state index in [1.807, 2.05) is 19.1 Å². The first kappa shape index (κ1) is 14.2. The molecule has 1 heterocycles. The molecule has 1 rings (SSSR count). The Hall–Kier alpha value is -1.91. The number of carboxylic acid groups (broad SMARTS) is 1. The molecule has 0 bridgehead atoms. The van der Waals surface area contributed by atoms with Crippen molar-refractivity contribution in [3.8, 4) is 0 Å². The molecule has 1 atom stereocenters. The monoisotopic (exact) mass is 250 g/mol. The van der Waals surface area contributed by atoms with E-state index in [9.17, 15) is 9.59 Å². The van der Waals surface area contributed by atoms with Crippen LogP contribution in [0, 0.1) is 5.41 Å². The molecule has 0 aromatic carbocycles. The number of aliphatic carboxylic acids is 1. The van der Waals surface area contributed by atoms with Gasteiger partial charge in [-0.15, -0.1) is 0 Å². The van der Waals surface area contributed by atoms with E-state index in [1.165, 1.54) is 13.8 Å². The van der Waals surface area contributed by atoms with Crippen LogP contribution in [0.5, 0.6) is 0 Å². The topological polar surface area (TPSA) is 79.3 Å². The molecule has 0 saturated heterocycles. The predicted molar refractivity (Wildman–Crippen MR) is 66.8 cm³/mol. The molecule has 98 valence electrons. The second-order valence-electron chi connectivity index (χ2n) is 4.91. The first-order valence-corrected chi connectivity index (χ1v) is 5.76. The zero-order valence-electron chi connectivity index (χ0n) is 10.8. The van der Waals surface area contributed by atoms with Crippen LogP contribution in [0.3, 0.4) is 0 Å². The molecule has 0 aliphatic rings. The Morgan fingerprint density at radius 1 is 1.44 bits per heavy atom. The summed E-state index contributed by atoms with van der Waals surface area (Å²) in [6.45, 7) is 4.87. The van der Waals surface area contributed by atoms with Crippen LogP contribution < -0.4 is 5.32 Å². The largest absolute Gasteiger partial charge is 0.481 e. The van der Waals surface area contributed by atoms with Gasteiger partial charge in [0.1, 0.15) is 0 Å². The summed E-state index contributed by atoms with van der Waals surface area (Å²) < 4.78 is 0. The molecule has 5 heteroatoms. The molecule has 1 aromatic heterocycles. The van der Waals surface area contributed by atoms with Gasteiger partial charge in [0.05, 0.1) is 17.2 Å². The van der Waals surface area contributed by atoms with Gasteiger partial charge in [0, 0.05) is 12.6 Å². The summed E-state index contributed by atoms with van der Waals surface area (Å²) >= 11 is 0. The van der Waals surface area contributed by atoms with Crippen molar-refractivity contribution in [2.24, 2.45) is 5.41 Å². The lowest BCUT2D eigenvalue weighted by Crippen LogP contribution is -2.34. The zero-order valence-corrected chi connectivity index (χ0v) is 10.8. The minimum Gasteiger partial charge on any atom is -0.481 e. The Balaban J connectivity index is 2.58. The second kappa shape index (κ2) is 5.62. The quantitative estimate of drug-likeness (QED) is 0.834. The van der Waals surface area contributed by atoms with Gasteiger partial charge in [0.2, 0.25) is 5.91 Å². The molecule has 0 aliphatic heterocycles. The number of hydrogen-bond donors (Lipinski definition) is 2. The molecular weight excluding hydrogens is 232 g/mol. The van der Waals surface area contributed by atoms with Crippen LogP contribution in [0.4, 0.5) is 0 Å². The Morgan fingerprint density at radius 3 is 2.61 bits per heavy atom. The number of rotatable bonds is 5. The number of pyridine rings is 1. The highest BCUT2D eigenvalue weighted by atomic mass is 16.4. The second-order valence-corrected chi connectivity index (χ2v) is 4.91. The minimum absolute atomic E-state index is 0.0560. The number of nitrogens with one attached hydrogen (secondary N) is 1. The standard InChI is InChI=1S/C13H18N2O3/c1-9(10-6-4-5-7-14-10)15-11(16)8-13(2,3)12(17)18/h4-7,9H,8H2,1-3H3,(H,15,16)(H,17,18)/t9-/m1/s1. The third-order valence-corrected chi connectivity index (χ3v) is 2.69. The zero-order chi connectivity index (χ0) is 13.8. The lowest BCUT2D eigenvalue weighted by atomic mass is 9.89. The van der Waals surface area contributed by atoms with Gasteiger partial charge in [-0.05, 0) is 32.9 Å². The summed E-state index contributed by atoms with van der Waals surface area (Å²) in [5.74, 6) is -1.27. The maximum absolute atomic E-state index is 11.7. The number of hydrogen-bond acceptors (Lipinski definition) is 3. The van der Waals surface area contributed by atoms with Crippen molar-refractivity contribution in [1.82, 2.24) is 10.3 Å². The molecule has 0 spiro atoms. The van der Waals surface area contributed by atoms with Crippen LogP contribution in [0.1, 0.15) is 38.9 Å². The highest BCUT2D eigenvalue weighted by Crippen LogP contribution is 2.21. The molecule has 1 amide bonds. The van der Waals surface area contributed by atoms with Gasteiger partial charge in [0.15, 0.2) is 0 Å². The van der Waals surface area contributed by atoms with Crippen molar-refractivity contribution in [2.75, 3.05) is 0 Å². The summed E-state index contributed by atoms with van der Waals surface area (Å²) in [7, 11) is 0. The summed E-state index contributed by atoms with van der Waals surface area (Å²) in [5, 5.41) is 11.7. The van der Waals surface area contributed by atoms with E-state index in [2.05, 4.69) is 10.3 Å². The Bertz CT molecular complexity index is 429. The SMILES string of the molecule is C[C@@H](NC(=O)CC(C)(C)C(=O)O)c1ccccn1. The Labute approximate surface area is 106 Å². The number of carboxylic acids is 1. The molecule has 5 nitrogen and oxygen atoms in total. The fraction of sp³-hybridized carbons (Fsp3) is 0.462. The maximum Gasteiger partial charge on any atom is 0.309 e. The minimum atomic E-state index is -1.06. The van der Waals surface area contributed by atoms with Gasteiger partial charge in [0.25, 0.3) is 0 Å². The van der Waals surface area contributed by atoms with E-state index in [-0.39, 0.29) is 18.4 Å². The number of nitrogens with zero attached hydrogens (tertiary/aromatic N) is 1. The number of aromatic nitrogens is 1. The summed E-state index contributed by atoms with van der Waals surface area (Å²) in [5.41, 5.74) is -0.313. The van der Waals surface area contributed by atoms with E-state index >= 15 is 0 Å². The molecule has 0 saturated carbocycles. The molecular formula is C13H18N2O3. The van der Waals surface area contributed by atoms with Gasteiger partial charge in [-0.2, -0.15) is 0 Å². The Morgan fingerprint density at radius 2 is 2.11 bits per heavy atom. The van der Waals surface area contributed by atoms with Crippen molar-refractivity contribution >= 4 is 11.9 Å². The van der Waals surface area contributed by atoms with Crippen LogP contribution >= 0.6 is 0 Å². The lowest BCUT2D eigenvalue weighted by molar-refractivity contribution is -0.149. The van der Waals surface area contributed by atoms with E-state index in [0.29, 0.717) is 0 Å². The number of amides is 1. The smallest absolute Gasteiger partial charge is 0.309 e. The first-order chi connectivity index (χ1) is 8.33. The molecule has 18 heavy (non-hydrogen) atoms. The van der Waals surface area contributed by atoms with Gasteiger partial charge in [-0.3, -0.25) is 14.6 Å². The maximum atomic E-state index is 11.7. The fourth-order valence-corrected chi connectivity index (χ4v) is 1.48. The van der Waals surface area contributed by atoms with Crippen molar-refractivity contribution in [3.05, 3.63) is 30.1 Å². The first-order valence-electron chi connectivity index (χ1n) is 5.76. The van der Waals surface area contributed by atoms with E-state index in [4.69, 9.17) is 5.11 Å². The summed E-state index contributed by atoms with van der Waals surface area (Å²) in [6, 6.07) is 5.22. The van der Waals surface area contributed by atoms with Crippen LogP contribution in [0.25, 0.3) is 0 Å². The van der Waals surface area contributed by atoms with E-state index in [0.717, 1.165) is 5.69 Å². The van der Waals surface area contributed by atoms with Crippen LogP contribution in [-0.4, -0.2) is 22.0 Å². The van der Waals surface area contributed by atoms with Gasteiger partial charge >= 0.3 is 5.97 Å². The predicted octanol–water partition coefficient (Wildman–Crippen LogP) is 1.76. The molecule has 0 aliphatic carbocycles. The van der Waals surface area contributed by atoms with Gasteiger partial charge in [-0.25, -0.2) is 0 Å². The summed E-state index contributed by atoms with van der Waals surface area (Å²) in [4.78, 5) is 26.8. The Kier molecular flexibility index (Phi) is 4.42. The van der Waals surface area contributed by atoms with Crippen molar-refractivity contribution in [1.29, 1.82) is 0 Å².